The lowest BCUT2D eigenvalue weighted by molar-refractivity contribution is 0.243. The summed E-state index contributed by atoms with van der Waals surface area (Å²) < 4.78 is 22.9. The highest BCUT2D eigenvalue weighted by Gasteiger charge is 2.23. The van der Waals surface area contributed by atoms with Gasteiger partial charge in [-0.1, -0.05) is 30.3 Å². The van der Waals surface area contributed by atoms with Crippen molar-refractivity contribution in [3.63, 3.8) is 0 Å². The molecule has 0 atom stereocenters. The van der Waals surface area contributed by atoms with E-state index < -0.39 is 0 Å². The van der Waals surface area contributed by atoms with Gasteiger partial charge in [0.1, 0.15) is 11.6 Å². The molecule has 1 aromatic heterocycles. The number of fused-ring (bicyclic) bond motifs is 1. The molecule has 0 unspecified atom stereocenters. The van der Waals surface area contributed by atoms with Crippen molar-refractivity contribution in [3.8, 4) is 16.9 Å². The molecule has 2 heterocycles. The van der Waals surface area contributed by atoms with Crippen molar-refractivity contribution in [2.75, 3.05) is 18.0 Å². The fourth-order valence-corrected chi connectivity index (χ4v) is 5.40. The van der Waals surface area contributed by atoms with E-state index in [1.165, 1.54) is 24.8 Å². The van der Waals surface area contributed by atoms with E-state index in [0.29, 0.717) is 17.7 Å². The van der Waals surface area contributed by atoms with Gasteiger partial charge in [0.2, 0.25) is 5.95 Å². The number of nitrogens with zero attached hydrogens (tertiary/aromatic N) is 3. The molecular formula is C31H36FN3O. The minimum atomic E-state index is -0.120. The molecule has 3 aromatic carbocycles. The quantitative estimate of drug-likeness (QED) is 0.282. The number of aromatic nitrogens is 2. The molecule has 5 rings (SSSR count). The highest BCUT2D eigenvalue weighted by atomic mass is 19.1. The first-order valence-electron chi connectivity index (χ1n) is 13.1. The Morgan fingerprint density at radius 2 is 1.61 bits per heavy atom. The SMILES string of the molecule is Cc1cc(-c2ccccc2OC(C)C)c2nc(N3CCCCC3)n(Cc3cc(C)c(F)c(C)c3)c2c1. The van der Waals surface area contributed by atoms with E-state index in [1.807, 2.05) is 38.1 Å². The Kier molecular flexibility index (Phi) is 6.74. The van der Waals surface area contributed by atoms with E-state index in [-0.39, 0.29) is 11.9 Å². The Bertz CT molecular complexity index is 1380. The van der Waals surface area contributed by atoms with Gasteiger partial charge in [0.15, 0.2) is 0 Å². The maximum Gasteiger partial charge on any atom is 0.206 e. The Morgan fingerprint density at radius 1 is 0.917 bits per heavy atom. The monoisotopic (exact) mass is 485 g/mol. The lowest BCUT2D eigenvalue weighted by atomic mass is 10.0. The first-order valence-corrected chi connectivity index (χ1v) is 13.1. The molecule has 188 valence electrons. The molecule has 1 aliphatic rings. The zero-order valence-electron chi connectivity index (χ0n) is 22.1. The summed E-state index contributed by atoms with van der Waals surface area (Å²) in [6.45, 7) is 12.6. The molecule has 4 aromatic rings. The molecule has 4 nitrogen and oxygen atoms in total. The summed E-state index contributed by atoms with van der Waals surface area (Å²) in [6.07, 6.45) is 3.69. The van der Waals surface area contributed by atoms with Crippen LogP contribution in [-0.2, 0) is 6.54 Å². The van der Waals surface area contributed by atoms with Crippen molar-refractivity contribution in [2.45, 2.75) is 66.5 Å². The van der Waals surface area contributed by atoms with E-state index >= 15 is 0 Å². The van der Waals surface area contributed by atoms with Gasteiger partial charge in [-0.2, -0.15) is 0 Å². The highest BCUT2D eigenvalue weighted by molar-refractivity contribution is 5.96. The normalized spacial score (nSPS) is 14.1. The average molecular weight is 486 g/mol. The number of piperidine rings is 1. The number of rotatable bonds is 6. The number of benzene rings is 3. The van der Waals surface area contributed by atoms with Crippen LogP contribution in [0.4, 0.5) is 10.3 Å². The van der Waals surface area contributed by atoms with Crippen molar-refractivity contribution in [3.05, 3.63) is 76.6 Å². The van der Waals surface area contributed by atoms with Gasteiger partial charge in [-0.15, -0.1) is 0 Å². The van der Waals surface area contributed by atoms with Crippen molar-refractivity contribution >= 4 is 17.0 Å². The van der Waals surface area contributed by atoms with Gasteiger partial charge >= 0.3 is 0 Å². The summed E-state index contributed by atoms with van der Waals surface area (Å²) in [6, 6.07) is 16.6. The number of ether oxygens (including phenoxy) is 1. The predicted molar refractivity (Wildman–Crippen MR) is 147 cm³/mol. The van der Waals surface area contributed by atoms with Crippen molar-refractivity contribution in [1.82, 2.24) is 9.55 Å². The van der Waals surface area contributed by atoms with Crippen LogP contribution in [0.5, 0.6) is 5.75 Å². The van der Waals surface area contributed by atoms with E-state index in [1.54, 1.807) is 0 Å². The maximum atomic E-state index is 14.4. The molecule has 0 aliphatic carbocycles. The van der Waals surface area contributed by atoms with Crippen LogP contribution >= 0.6 is 0 Å². The van der Waals surface area contributed by atoms with Crippen molar-refractivity contribution in [1.29, 1.82) is 0 Å². The molecule has 0 amide bonds. The van der Waals surface area contributed by atoms with Gasteiger partial charge in [0, 0.05) is 24.2 Å². The smallest absolute Gasteiger partial charge is 0.206 e. The zero-order valence-corrected chi connectivity index (χ0v) is 22.1. The fourth-order valence-electron chi connectivity index (χ4n) is 5.40. The summed E-state index contributed by atoms with van der Waals surface area (Å²) in [5, 5.41) is 0. The maximum absolute atomic E-state index is 14.4. The molecular weight excluding hydrogens is 449 g/mol. The van der Waals surface area contributed by atoms with Gasteiger partial charge in [0.05, 0.1) is 23.7 Å². The van der Waals surface area contributed by atoms with Gasteiger partial charge in [-0.05, 0) is 94.3 Å². The third-order valence-electron chi connectivity index (χ3n) is 6.99. The number of imidazole rings is 1. The summed E-state index contributed by atoms with van der Waals surface area (Å²) >= 11 is 0. The lowest BCUT2D eigenvalue weighted by Gasteiger charge is -2.28. The molecule has 0 saturated carbocycles. The summed E-state index contributed by atoms with van der Waals surface area (Å²) in [5.41, 5.74) is 7.87. The molecule has 0 N–H and O–H groups in total. The van der Waals surface area contributed by atoms with Crippen molar-refractivity contribution < 1.29 is 9.13 Å². The number of anilines is 1. The van der Waals surface area contributed by atoms with Gasteiger partial charge in [-0.25, -0.2) is 9.37 Å². The molecule has 1 fully saturated rings. The Hall–Kier alpha value is -3.34. The minimum absolute atomic E-state index is 0.0814. The second kappa shape index (κ2) is 9.96. The Labute approximate surface area is 213 Å². The lowest BCUT2D eigenvalue weighted by Crippen LogP contribution is -2.32. The van der Waals surface area contributed by atoms with E-state index in [2.05, 4.69) is 54.5 Å². The van der Waals surface area contributed by atoms with Gasteiger partial charge < -0.3 is 14.2 Å². The third kappa shape index (κ3) is 4.71. The summed E-state index contributed by atoms with van der Waals surface area (Å²) in [7, 11) is 0. The highest BCUT2D eigenvalue weighted by Crippen LogP contribution is 2.38. The standard InChI is InChI=1S/C31H36FN3O/c1-20(2)36-28-12-8-7-11-25(28)26-15-21(3)16-27-30(26)33-31(34-13-9-6-10-14-34)35(27)19-24-17-22(4)29(32)23(5)18-24/h7-8,11-12,15-18,20H,6,9-10,13-14,19H2,1-5H3. The number of para-hydroxylation sites is 1. The Balaban J connectivity index is 1.72. The zero-order chi connectivity index (χ0) is 25.4. The average Bonchev–Trinajstić information content (AvgIpc) is 3.20. The van der Waals surface area contributed by atoms with Crippen LogP contribution < -0.4 is 9.64 Å². The third-order valence-corrected chi connectivity index (χ3v) is 6.99. The Morgan fingerprint density at radius 3 is 2.31 bits per heavy atom. The van der Waals surface area contributed by atoms with Crippen LogP contribution in [0, 0.1) is 26.6 Å². The second-order valence-electron chi connectivity index (χ2n) is 10.4. The molecule has 5 heteroatoms. The largest absolute Gasteiger partial charge is 0.490 e. The van der Waals surface area contributed by atoms with E-state index in [4.69, 9.17) is 9.72 Å². The van der Waals surface area contributed by atoms with Crippen LogP contribution in [0.25, 0.3) is 22.2 Å². The molecule has 0 spiro atoms. The van der Waals surface area contributed by atoms with Crippen LogP contribution in [0.2, 0.25) is 0 Å². The van der Waals surface area contributed by atoms with Gasteiger partial charge in [-0.3, -0.25) is 0 Å². The minimum Gasteiger partial charge on any atom is -0.490 e. The van der Waals surface area contributed by atoms with Gasteiger partial charge in [0.25, 0.3) is 0 Å². The number of hydrogen-bond acceptors (Lipinski definition) is 3. The summed E-state index contributed by atoms with van der Waals surface area (Å²) in [4.78, 5) is 7.71. The number of halogens is 1. The number of hydrogen-bond donors (Lipinski definition) is 0. The van der Waals surface area contributed by atoms with E-state index in [9.17, 15) is 4.39 Å². The van der Waals surface area contributed by atoms with Crippen LogP contribution in [-0.4, -0.2) is 28.7 Å². The topological polar surface area (TPSA) is 30.3 Å². The van der Waals surface area contributed by atoms with Crippen LogP contribution in [0.1, 0.15) is 55.4 Å². The first-order chi connectivity index (χ1) is 17.3. The molecule has 1 saturated heterocycles. The molecule has 36 heavy (non-hydrogen) atoms. The molecule has 1 aliphatic heterocycles. The van der Waals surface area contributed by atoms with E-state index in [0.717, 1.165) is 52.5 Å². The molecule has 0 radical (unpaired) electrons. The van der Waals surface area contributed by atoms with Crippen molar-refractivity contribution in [2.24, 2.45) is 0 Å². The summed E-state index contributed by atoms with van der Waals surface area (Å²) in [5.74, 6) is 1.75. The molecule has 0 bridgehead atoms. The second-order valence-corrected chi connectivity index (χ2v) is 10.4. The predicted octanol–water partition coefficient (Wildman–Crippen LogP) is 7.59. The van der Waals surface area contributed by atoms with Crippen LogP contribution in [0.15, 0.2) is 48.5 Å². The fraction of sp³-hybridized carbons (Fsp3) is 0.387. The first kappa shape index (κ1) is 24.4. The van der Waals surface area contributed by atoms with Crippen LogP contribution in [0.3, 0.4) is 0 Å². The number of aryl methyl sites for hydroxylation is 3.